The van der Waals surface area contributed by atoms with Crippen LogP contribution in [0.1, 0.15) is 45.4 Å². The fraction of sp³-hybridized carbons (Fsp3) is 0.450. The van der Waals surface area contributed by atoms with Gasteiger partial charge in [-0.05, 0) is 31.4 Å². The van der Waals surface area contributed by atoms with Crippen LogP contribution in [0.25, 0.3) is 21.5 Å². The number of nitrogens with zero attached hydrogens (tertiary/aromatic N) is 3. The average molecular weight is 355 g/mol. The van der Waals surface area contributed by atoms with Gasteiger partial charge >= 0.3 is 0 Å². The van der Waals surface area contributed by atoms with Crippen LogP contribution >= 0.6 is 11.3 Å². The Hall–Kier alpha value is -2.01. The zero-order valence-corrected chi connectivity index (χ0v) is 16.1. The van der Waals surface area contributed by atoms with Crippen molar-refractivity contribution in [3.63, 3.8) is 0 Å². The highest BCUT2D eigenvalue weighted by Gasteiger charge is 2.09. The summed E-state index contributed by atoms with van der Waals surface area (Å²) in [6.07, 6.45) is 5.03. The van der Waals surface area contributed by atoms with E-state index in [2.05, 4.69) is 58.4 Å². The van der Waals surface area contributed by atoms with Crippen molar-refractivity contribution in [2.75, 3.05) is 11.9 Å². The minimum absolute atomic E-state index is 0.701. The van der Waals surface area contributed by atoms with Crippen LogP contribution < -0.4 is 5.32 Å². The molecule has 0 saturated carbocycles. The van der Waals surface area contributed by atoms with Crippen molar-refractivity contribution < 1.29 is 0 Å². The van der Waals surface area contributed by atoms with Crippen LogP contribution in [0, 0.1) is 12.8 Å². The van der Waals surface area contributed by atoms with Crippen LogP contribution in [0.4, 0.5) is 5.82 Å². The van der Waals surface area contributed by atoms with Crippen LogP contribution in [0.15, 0.2) is 29.8 Å². The third-order valence-corrected chi connectivity index (χ3v) is 5.37. The molecule has 0 aliphatic rings. The molecular weight excluding hydrogens is 328 g/mol. The molecule has 132 valence electrons. The molecule has 0 fully saturated rings. The van der Waals surface area contributed by atoms with Crippen molar-refractivity contribution in [2.45, 2.75) is 46.5 Å². The lowest BCUT2D eigenvalue weighted by molar-refractivity contribution is 0.472. The predicted octanol–water partition coefficient (Wildman–Crippen LogP) is 5.69. The first-order chi connectivity index (χ1) is 12.2. The molecule has 0 spiro atoms. The fourth-order valence-corrected chi connectivity index (χ4v) is 3.73. The summed E-state index contributed by atoms with van der Waals surface area (Å²) in [5.41, 5.74) is 5.00. The number of unbranched alkanes of at least 4 members (excludes halogenated alkanes) is 1. The molecule has 5 heteroatoms. The Balaban J connectivity index is 1.77. The molecule has 1 unspecified atom stereocenters. The molecule has 4 nitrogen and oxygen atoms in total. The number of hydrogen-bond acceptors (Lipinski definition) is 5. The van der Waals surface area contributed by atoms with Gasteiger partial charge in [-0.15, -0.1) is 11.3 Å². The molecular formula is C20H26N4S. The van der Waals surface area contributed by atoms with Gasteiger partial charge in [0, 0.05) is 18.2 Å². The summed E-state index contributed by atoms with van der Waals surface area (Å²) in [5, 5.41) is 3.53. The van der Waals surface area contributed by atoms with Gasteiger partial charge in [0.2, 0.25) is 0 Å². The number of benzene rings is 1. The topological polar surface area (TPSA) is 50.7 Å². The number of aromatic nitrogens is 3. The summed E-state index contributed by atoms with van der Waals surface area (Å²) in [5.74, 6) is 2.42. The normalized spacial score (nSPS) is 12.4. The molecule has 3 aromatic rings. The molecule has 0 saturated heterocycles. The average Bonchev–Trinajstić information content (AvgIpc) is 3.09. The smallest absolute Gasteiger partial charge is 0.130 e. The largest absolute Gasteiger partial charge is 0.370 e. The number of nitrogens with one attached hydrogen (secondary N) is 1. The van der Waals surface area contributed by atoms with Gasteiger partial charge < -0.3 is 5.32 Å². The van der Waals surface area contributed by atoms with Gasteiger partial charge in [0.15, 0.2) is 0 Å². The Morgan fingerprint density at radius 1 is 1.16 bits per heavy atom. The van der Waals surface area contributed by atoms with Crippen molar-refractivity contribution in [3.05, 3.63) is 35.6 Å². The van der Waals surface area contributed by atoms with Gasteiger partial charge in [-0.1, -0.05) is 39.2 Å². The molecule has 2 heterocycles. The highest BCUT2D eigenvalue weighted by atomic mass is 32.1. The first kappa shape index (κ1) is 17.8. The van der Waals surface area contributed by atoms with Crippen LogP contribution in [0.3, 0.4) is 0 Å². The Bertz CT molecular complexity index is 827. The highest BCUT2D eigenvalue weighted by molar-refractivity contribution is 7.16. The standard InChI is InChI=1S/C20H26N4S/c1-4-6-7-15(5-2)12-21-20-11-18(23-14(3)24-20)16-8-9-17-19(10-16)25-13-22-17/h8-11,13,15H,4-7,12H2,1-3H3,(H,21,23,24). The van der Waals surface area contributed by atoms with E-state index in [0.29, 0.717) is 5.92 Å². The van der Waals surface area contributed by atoms with Gasteiger partial charge in [-0.25, -0.2) is 15.0 Å². The SMILES string of the molecule is CCCCC(CC)CNc1cc(-c2ccc3ncsc3c2)nc(C)n1. The number of fused-ring (bicyclic) bond motifs is 1. The van der Waals surface area contributed by atoms with Gasteiger partial charge in [-0.2, -0.15) is 0 Å². The van der Waals surface area contributed by atoms with Crippen molar-refractivity contribution in [2.24, 2.45) is 5.92 Å². The lowest BCUT2D eigenvalue weighted by Crippen LogP contribution is -2.15. The first-order valence-corrected chi connectivity index (χ1v) is 10.0. The van der Waals surface area contributed by atoms with E-state index in [1.807, 2.05) is 12.4 Å². The summed E-state index contributed by atoms with van der Waals surface area (Å²) in [4.78, 5) is 13.5. The predicted molar refractivity (Wildman–Crippen MR) is 107 cm³/mol. The van der Waals surface area contributed by atoms with E-state index in [0.717, 1.165) is 35.0 Å². The number of hydrogen-bond donors (Lipinski definition) is 1. The lowest BCUT2D eigenvalue weighted by atomic mass is 9.99. The molecule has 0 radical (unpaired) electrons. The van der Waals surface area contributed by atoms with E-state index in [1.54, 1.807) is 11.3 Å². The molecule has 0 aliphatic heterocycles. The van der Waals surface area contributed by atoms with Crippen molar-refractivity contribution >= 4 is 27.4 Å². The summed E-state index contributed by atoms with van der Waals surface area (Å²) >= 11 is 1.66. The second kappa shape index (κ2) is 8.39. The van der Waals surface area contributed by atoms with Gasteiger partial charge in [-0.3, -0.25) is 0 Å². The van der Waals surface area contributed by atoms with E-state index in [4.69, 9.17) is 0 Å². The summed E-state index contributed by atoms with van der Waals surface area (Å²) < 4.78 is 1.19. The van der Waals surface area contributed by atoms with Crippen LogP contribution in [0.2, 0.25) is 0 Å². The van der Waals surface area contributed by atoms with Crippen LogP contribution in [-0.2, 0) is 0 Å². The number of anilines is 1. The van der Waals surface area contributed by atoms with Crippen molar-refractivity contribution in [3.8, 4) is 11.3 Å². The zero-order chi connectivity index (χ0) is 17.6. The third-order valence-electron chi connectivity index (χ3n) is 4.58. The fourth-order valence-electron chi connectivity index (χ4n) is 3.01. The Labute approximate surface area is 153 Å². The molecule has 1 N–H and O–H groups in total. The van der Waals surface area contributed by atoms with E-state index in [1.165, 1.54) is 30.4 Å². The van der Waals surface area contributed by atoms with Gasteiger partial charge in [0.25, 0.3) is 0 Å². The molecule has 0 aliphatic carbocycles. The molecule has 2 aromatic heterocycles. The van der Waals surface area contributed by atoms with Crippen LogP contribution in [0.5, 0.6) is 0 Å². The summed E-state index contributed by atoms with van der Waals surface area (Å²) in [6.45, 7) is 7.44. The quantitative estimate of drug-likeness (QED) is 0.564. The molecule has 1 atom stereocenters. The third kappa shape index (κ3) is 4.54. The number of rotatable bonds is 8. The van der Waals surface area contributed by atoms with E-state index in [-0.39, 0.29) is 0 Å². The number of aryl methyl sites for hydroxylation is 1. The molecule has 1 aromatic carbocycles. The molecule has 25 heavy (non-hydrogen) atoms. The van der Waals surface area contributed by atoms with Crippen molar-refractivity contribution in [1.82, 2.24) is 15.0 Å². The second-order valence-electron chi connectivity index (χ2n) is 6.52. The molecule has 3 rings (SSSR count). The monoisotopic (exact) mass is 354 g/mol. The van der Waals surface area contributed by atoms with Crippen LogP contribution in [-0.4, -0.2) is 21.5 Å². The first-order valence-electron chi connectivity index (χ1n) is 9.12. The minimum atomic E-state index is 0.701. The maximum Gasteiger partial charge on any atom is 0.130 e. The Kier molecular flexibility index (Phi) is 5.97. The van der Waals surface area contributed by atoms with E-state index >= 15 is 0 Å². The molecule has 0 bridgehead atoms. The van der Waals surface area contributed by atoms with Gasteiger partial charge in [0.1, 0.15) is 11.6 Å². The zero-order valence-electron chi connectivity index (χ0n) is 15.2. The van der Waals surface area contributed by atoms with Gasteiger partial charge in [0.05, 0.1) is 21.4 Å². The minimum Gasteiger partial charge on any atom is -0.370 e. The highest BCUT2D eigenvalue weighted by Crippen LogP contribution is 2.26. The lowest BCUT2D eigenvalue weighted by Gasteiger charge is -2.16. The van der Waals surface area contributed by atoms with E-state index < -0.39 is 0 Å². The second-order valence-corrected chi connectivity index (χ2v) is 7.40. The maximum absolute atomic E-state index is 4.63. The summed E-state index contributed by atoms with van der Waals surface area (Å²) in [6, 6.07) is 8.36. The maximum atomic E-state index is 4.63. The molecule has 0 amide bonds. The van der Waals surface area contributed by atoms with Crippen molar-refractivity contribution in [1.29, 1.82) is 0 Å². The Morgan fingerprint density at radius 3 is 2.84 bits per heavy atom. The summed E-state index contributed by atoms with van der Waals surface area (Å²) in [7, 11) is 0. The Morgan fingerprint density at radius 2 is 2.04 bits per heavy atom. The number of thiazole rings is 1. The van der Waals surface area contributed by atoms with E-state index in [9.17, 15) is 0 Å².